The number of pyridine rings is 2. The highest BCUT2D eigenvalue weighted by Crippen LogP contribution is 2.43. The molecule has 0 unspecified atom stereocenters. The first-order valence-corrected chi connectivity index (χ1v) is 17.0. The lowest BCUT2D eigenvalue weighted by Gasteiger charge is -2.12. The van der Waals surface area contributed by atoms with Gasteiger partial charge in [0.2, 0.25) is 0 Å². The number of fused-ring (bicyclic) bond motifs is 9. The molecular formula is C46H28N4. The van der Waals surface area contributed by atoms with Crippen molar-refractivity contribution in [2.24, 2.45) is 0 Å². The van der Waals surface area contributed by atoms with E-state index >= 15 is 0 Å². The van der Waals surface area contributed by atoms with Gasteiger partial charge >= 0.3 is 0 Å². The number of nitrogens with zero attached hydrogens (tertiary/aromatic N) is 4. The van der Waals surface area contributed by atoms with Crippen LogP contribution < -0.4 is 0 Å². The number of hydrogen-bond donors (Lipinski definition) is 0. The van der Waals surface area contributed by atoms with Crippen molar-refractivity contribution in [3.05, 3.63) is 170 Å². The molecule has 4 heteroatoms. The molecule has 11 rings (SSSR count). The van der Waals surface area contributed by atoms with E-state index in [2.05, 4.69) is 173 Å². The van der Waals surface area contributed by atoms with E-state index in [0.29, 0.717) is 0 Å². The largest absolute Gasteiger partial charge is 0.304 e. The Morgan fingerprint density at radius 3 is 1.62 bits per heavy atom. The van der Waals surface area contributed by atoms with Crippen LogP contribution in [0.5, 0.6) is 0 Å². The van der Waals surface area contributed by atoms with Gasteiger partial charge in [-0.05, 0) is 53.1 Å². The second-order valence-corrected chi connectivity index (χ2v) is 13.1. The molecule has 0 saturated carbocycles. The van der Waals surface area contributed by atoms with Gasteiger partial charge in [0.05, 0.1) is 39.0 Å². The van der Waals surface area contributed by atoms with Crippen LogP contribution in [0.4, 0.5) is 0 Å². The molecule has 0 N–H and O–H groups in total. The van der Waals surface area contributed by atoms with Gasteiger partial charge in [0.15, 0.2) is 5.65 Å². The van der Waals surface area contributed by atoms with E-state index in [1.807, 2.05) is 6.20 Å². The highest BCUT2D eigenvalue weighted by Gasteiger charge is 2.23. The molecule has 5 aromatic heterocycles. The van der Waals surface area contributed by atoms with Gasteiger partial charge in [-0.2, -0.15) is 0 Å². The maximum Gasteiger partial charge on any atom is 0.162 e. The fraction of sp³-hybridized carbons (Fsp3) is 0. The fourth-order valence-electron chi connectivity index (χ4n) is 7.98. The maximum absolute atomic E-state index is 5.19. The number of rotatable bonds is 4. The number of hydrogen-bond acceptors (Lipinski definition) is 2. The van der Waals surface area contributed by atoms with Crippen molar-refractivity contribution in [1.29, 1.82) is 0 Å². The second kappa shape index (κ2) is 10.4. The van der Waals surface area contributed by atoms with Gasteiger partial charge < -0.3 is 4.40 Å². The van der Waals surface area contributed by atoms with Crippen LogP contribution in [0, 0.1) is 0 Å². The molecule has 0 atom stereocenters. The Morgan fingerprint density at radius 2 is 0.920 bits per heavy atom. The monoisotopic (exact) mass is 636 g/mol. The van der Waals surface area contributed by atoms with Gasteiger partial charge in [0, 0.05) is 44.4 Å². The summed E-state index contributed by atoms with van der Waals surface area (Å²) in [5.41, 5.74) is 15.5. The topological polar surface area (TPSA) is 34.6 Å². The zero-order valence-corrected chi connectivity index (χ0v) is 27.0. The molecule has 0 fully saturated rings. The Morgan fingerprint density at radius 1 is 0.340 bits per heavy atom. The van der Waals surface area contributed by atoms with E-state index in [0.717, 1.165) is 55.9 Å². The molecule has 0 spiro atoms. The van der Waals surface area contributed by atoms with Crippen molar-refractivity contribution >= 4 is 54.8 Å². The molecule has 0 bridgehead atoms. The van der Waals surface area contributed by atoms with E-state index in [-0.39, 0.29) is 0 Å². The quantitative estimate of drug-likeness (QED) is 0.180. The summed E-state index contributed by atoms with van der Waals surface area (Å²) in [6.45, 7) is 0. The van der Waals surface area contributed by atoms with Crippen LogP contribution in [0.3, 0.4) is 0 Å². The normalized spacial score (nSPS) is 12.0. The maximum atomic E-state index is 5.19. The summed E-state index contributed by atoms with van der Waals surface area (Å²) < 4.78 is 4.82. The zero-order chi connectivity index (χ0) is 32.8. The van der Waals surface area contributed by atoms with Crippen LogP contribution in [-0.4, -0.2) is 18.8 Å². The van der Waals surface area contributed by atoms with Crippen molar-refractivity contribution in [2.75, 3.05) is 0 Å². The minimum absolute atomic E-state index is 0.951. The summed E-state index contributed by atoms with van der Waals surface area (Å²) >= 11 is 0. The lowest BCUT2D eigenvalue weighted by molar-refractivity contribution is 1.19. The molecule has 0 aliphatic rings. The summed E-state index contributed by atoms with van der Waals surface area (Å²) in [7, 11) is 0. The molecule has 0 saturated heterocycles. The lowest BCUT2D eigenvalue weighted by Crippen LogP contribution is -1.99. The average Bonchev–Trinajstić information content (AvgIpc) is 3.71. The molecule has 6 aromatic carbocycles. The van der Waals surface area contributed by atoms with Crippen molar-refractivity contribution in [1.82, 2.24) is 18.8 Å². The van der Waals surface area contributed by atoms with Gasteiger partial charge in [0.25, 0.3) is 0 Å². The van der Waals surface area contributed by atoms with Crippen LogP contribution in [0.15, 0.2) is 170 Å². The number of aromatic nitrogens is 4. The Hall–Kier alpha value is -6.78. The standard InChI is InChI=1S/C46H28N4/c1-4-12-29(13-5-1)34-27-43-46(47-28-34)50-41-19-11-10-18-35(41)36-21-22-37-38-24-32(20-23-42(38)49(43)44(37)45(36)50)33-25-39(30-14-6-2-7-15-30)48-40(26-33)31-16-8-3-9-17-31/h1-28H. The van der Waals surface area contributed by atoms with Crippen molar-refractivity contribution < 1.29 is 0 Å². The first-order chi connectivity index (χ1) is 24.8. The average molecular weight is 637 g/mol. The Bertz CT molecular complexity index is 3010. The van der Waals surface area contributed by atoms with E-state index in [4.69, 9.17) is 9.97 Å². The van der Waals surface area contributed by atoms with Crippen LogP contribution in [-0.2, 0) is 0 Å². The number of para-hydroxylation sites is 1. The van der Waals surface area contributed by atoms with Crippen LogP contribution in [0.1, 0.15) is 0 Å². The molecule has 4 nitrogen and oxygen atoms in total. The highest BCUT2D eigenvalue weighted by atomic mass is 15.1. The minimum atomic E-state index is 0.951. The molecule has 0 amide bonds. The summed E-state index contributed by atoms with van der Waals surface area (Å²) in [6.07, 6.45) is 2.02. The molecule has 232 valence electrons. The zero-order valence-electron chi connectivity index (χ0n) is 27.0. The highest BCUT2D eigenvalue weighted by molar-refractivity contribution is 6.25. The first-order valence-electron chi connectivity index (χ1n) is 17.0. The van der Waals surface area contributed by atoms with E-state index in [9.17, 15) is 0 Å². The molecule has 0 radical (unpaired) electrons. The minimum Gasteiger partial charge on any atom is -0.304 e. The molecule has 0 aliphatic carbocycles. The summed E-state index contributed by atoms with van der Waals surface area (Å²) in [4.78, 5) is 10.3. The SMILES string of the molecule is c1ccc(-c2cnc3c(c2)n2c4ccc(-c5cc(-c6ccccc6)nc(-c6ccccc6)c5)cc4c4ccc5c6ccccc6n3c5c42)cc1. The fourth-order valence-corrected chi connectivity index (χ4v) is 7.98. The molecular weight excluding hydrogens is 609 g/mol. The van der Waals surface area contributed by atoms with Crippen molar-refractivity contribution in [3.63, 3.8) is 0 Å². The Labute approximate surface area is 287 Å². The van der Waals surface area contributed by atoms with Crippen LogP contribution >= 0.6 is 0 Å². The van der Waals surface area contributed by atoms with Gasteiger partial charge in [-0.3, -0.25) is 4.40 Å². The van der Waals surface area contributed by atoms with Gasteiger partial charge in [0.1, 0.15) is 0 Å². The molecule has 5 heterocycles. The van der Waals surface area contributed by atoms with E-state index < -0.39 is 0 Å². The first kappa shape index (κ1) is 27.2. The smallest absolute Gasteiger partial charge is 0.162 e. The van der Waals surface area contributed by atoms with Crippen LogP contribution in [0.25, 0.3) is 99.5 Å². The predicted molar refractivity (Wildman–Crippen MR) is 207 cm³/mol. The van der Waals surface area contributed by atoms with E-state index in [1.165, 1.54) is 43.6 Å². The predicted octanol–water partition coefficient (Wildman–Crippen LogP) is 11.7. The summed E-state index contributed by atoms with van der Waals surface area (Å²) in [6, 6.07) is 58.4. The van der Waals surface area contributed by atoms with Crippen molar-refractivity contribution in [2.45, 2.75) is 0 Å². The van der Waals surface area contributed by atoms with Gasteiger partial charge in [-0.15, -0.1) is 0 Å². The summed E-state index contributed by atoms with van der Waals surface area (Å²) in [5.74, 6) is 0. The molecule has 11 aromatic rings. The summed E-state index contributed by atoms with van der Waals surface area (Å²) in [5, 5.41) is 4.93. The van der Waals surface area contributed by atoms with Gasteiger partial charge in [-0.1, -0.05) is 127 Å². The van der Waals surface area contributed by atoms with Crippen LogP contribution in [0.2, 0.25) is 0 Å². The second-order valence-electron chi connectivity index (χ2n) is 13.1. The Kier molecular flexibility index (Phi) is 5.63. The van der Waals surface area contributed by atoms with Gasteiger partial charge in [-0.25, -0.2) is 9.97 Å². The molecule has 0 aliphatic heterocycles. The third kappa shape index (κ3) is 3.87. The molecule has 50 heavy (non-hydrogen) atoms. The number of benzene rings is 6. The third-order valence-corrected chi connectivity index (χ3v) is 10.3. The lowest BCUT2D eigenvalue weighted by atomic mass is 9.98. The van der Waals surface area contributed by atoms with E-state index in [1.54, 1.807) is 0 Å². The van der Waals surface area contributed by atoms with Crippen molar-refractivity contribution in [3.8, 4) is 44.8 Å². The third-order valence-electron chi connectivity index (χ3n) is 10.3. The Balaban J connectivity index is 1.23.